The van der Waals surface area contributed by atoms with Crippen LogP contribution in [-0.2, 0) is 0 Å². The Balaban J connectivity index is 2.68. The Hall–Kier alpha value is -0.120. The van der Waals surface area contributed by atoms with E-state index in [4.69, 9.17) is 0 Å². The highest BCUT2D eigenvalue weighted by atomic mass is 16.3. The van der Waals surface area contributed by atoms with Gasteiger partial charge < -0.3 is 10.4 Å². The average molecular weight is 270 g/mol. The molecule has 0 aromatic rings. The zero-order chi connectivity index (χ0) is 14.6. The Kier molecular flexibility index (Phi) is 6.28. The van der Waals surface area contributed by atoms with Gasteiger partial charge >= 0.3 is 0 Å². The summed E-state index contributed by atoms with van der Waals surface area (Å²) in [6.45, 7) is 13.6. The summed E-state index contributed by atoms with van der Waals surface area (Å²) in [4.78, 5) is 2.68. The molecule has 3 nitrogen and oxygen atoms in total. The summed E-state index contributed by atoms with van der Waals surface area (Å²) in [5, 5.41) is 13.3. The molecule has 0 bridgehead atoms. The first-order valence-electron chi connectivity index (χ1n) is 7.99. The second kappa shape index (κ2) is 7.05. The van der Waals surface area contributed by atoms with Crippen LogP contribution in [0.15, 0.2) is 0 Å². The molecule has 1 rings (SSSR count). The normalized spacial score (nSPS) is 29.7. The van der Waals surface area contributed by atoms with Crippen LogP contribution in [0.4, 0.5) is 0 Å². The predicted octanol–water partition coefficient (Wildman–Crippen LogP) is 2.78. The molecule has 114 valence electrons. The molecule has 0 aromatic heterocycles. The van der Waals surface area contributed by atoms with Crippen LogP contribution in [0.2, 0.25) is 0 Å². The second-order valence-corrected chi connectivity index (χ2v) is 7.01. The average Bonchev–Trinajstić information content (AvgIpc) is 2.69. The van der Waals surface area contributed by atoms with Gasteiger partial charge in [-0.15, -0.1) is 0 Å². The van der Waals surface area contributed by atoms with Gasteiger partial charge in [-0.1, -0.05) is 20.8 Å². The summed E-state index contributed by atoms with van der Waals surface area (Å²) < 4.78 is 0. The fourth-order valence-corrected chi connectivity index (χ4v) is 3.92. The third-order valence-electron chi connectivity index (χ3n) is 4.56. The Morgan fingerprint density at radius 1 is 1.32 bits per heavy atom. The highest BCUT2D eigenvalue weighted by molar-refractivity contribution is 4.93. The van der Waals surface area contributed by atoms with Gasteiger partial charge in [0.15, 0.2) is 0 Å². The standard InChI is InChI=1S/C16H34N2O/c1-7-15-9-8-13(4)18(15)14(5)10-16(6,11-19)17-12(2)3/h12-15,17,19H,7-11H2,1-6H3. The van der Waals surface area contributed by atoms with Crippen LogP contribution in [0.25, 0.3) is 0 Å². The maximum atomic E-state index is 9.73. The van der Waals surface area contributed by atoms with E-state index < -0.39 is 0 Å². The number of hydrogen-bond donors (Lipinski definition) is 2. The van der Waals surface area contributed by atoms with Crippen molar-refractivity contribution in [2.24, 2.45) is 0 Å². The molecule has 0 aromatic carbocycles. The van der Waals surface area contributed by atoms with Gasteiger partial charge in [0.05, 0.1) is 6.61 Å². The van der Waals surface area contributed by atoms with Crippen molar-refractivity contribution in [1.29, 1.82) is 0 Å². The van der Waals surface area contributed by atoms with E-state index in [0.29, 0.717) is 18.1 Å². The molecule has 0 radical (unpaired) electrons. The lowest BCUT2D eigenvalue weighted by Gasteiger charge is -2.40. The van der Waals surface area contributed by atoms with Gasteiger partial charge in [-0.25, -0.2) is 0 Å². The van der Waals surface area contributed by atoms with Gasteiger partial charge in [-0.05, 0) is 46.5 Å². The smallest absolute Gasteiger partial charge is 0.0611 e. The first-order chi connectivity index (χ1) is 8.83. The molecule has 0 saturated carbocycles. The van der Waals surface area contributed by atoms with Crippen LogP contribution in [0.5, 0.6) is 0 Å². The van der Waals surface area contributed by atoms with E-state index in [0.717, 1.165) is 12.5 Å². The van der Waals surface area contributed by atoms with Crippen molar-refractivity contribution in [3.8, 4) is 0 Å². The molecule has 19 heavy (non-hydrogen) atoms. The number of likely N-dealkylation sites (tertiary alicyclic amines) is 1. The molecule has 1 fully saturated rings. The largest absolute Gasteiger partial charge is 0.394 e. The van der Waals surface area contributed by atoms with Gasteiger partial charge in [-0.2, -0.15) is 0 Å². The topological polar surface area (TPSA) is 35.5 Å². The van der Waals surface area contributed by atoms with Crippen molar-refractivity contribution < 1.29 is 5.11 Å². The summed E-state index contributed by atoms with van der Waals surface area (Å²) in [5.74, 6) is 0. The zero-order valence-electron chi connectivity index (χ0n) is 13.7. The maximum Gasteiger partial charge on any atom is 0.0611 e. The third-order valence-corrected chi connectivity index (χ3v) is 4.56. The summed E-state index contributed by atoms with van der Waals surface area (Å²) in [7, 11) is 0. The lowest BCUT2D eigenvalue weighted by Crippen LogP contribution is -2.54. The van der Waals surface area contributed by atoms with Crippen LogP contribution in [0.1, 0.15) is 67.2 Å². The van der Waals surface area contributed by atoms with E-state index in [1.807, 2.05) is 0 Å². The maximum absolute atomic E-state index is 9.73. The molecule has 4 atom stereocenters. The molecular weight excluding hydrogens is 236 g/mol. The third kappa shape index (κ3) is 4.44. The van der Waals surface area contributed by atoms with E-state index in [1.54, 1.807) is 0 Å². The minimum atomic E-state index is -0.172. The van der Waals surface area contributed by atoms with Crippen molar-refractivity contribution in [1.82, 2.24) is 10.2 Å². The van der Waals surface area contributed by atoms with Crippen molar-refractivity contribution in [2.45, 2.75) is 96.9 Å². The molecule has 0 spiro atoms. The summed E-state index contributed by atoms with van der Waals surface area (Å²) in [6, 6.07) is 2.34. The van der Waals surface area contributed by atoms with E-state index >= 15 is 0 Å². The molecule has 2 N–H and O–H groups in total. The first kappa shape index (κ1) is 16.9. The summed E-state index contributed by atoms with van der Waals surface area (Å²) >= 11 is 0. The monoisotopic (exact) mass is 270 g/mol. The summed E-state index contributed by atoms with van der Waals surface area (Å²) in [6.07, 6.45) is 4.89. The molecule has 0 amide bonds. The van der Waals surface area contributed by atoms with Gasteiger partial charge in [0.2, 0.25) is 0 Å². The van der Waals surface area contributed by atoms with Gasteiger partial charge in [0, 0.05) is 29.7 Å². The van der Waals surface area contributed by atoms with Gasteiger partial charge in [0.1, 0.15) is 0 Å². The van der Waals surface area contributed by atoms with E-state index in [2.05, 4.69) is 51.8 Å². The highest BCUT2D eigenvalue weighted by Gasteiger charge is 2.36. The van der Waals surface area contributed by atoms with Crippen LogP contribution in [0.3, 0.4) is 0 Å². The molecule has 0 aliphatic carbocycles. The molecule has 1 saturated heterocycles. The zero-order valence-corrected chi connectivity index (χ0v) is 13.7. The Labute approximate surface area is 119 Å². The highest BCUT2D eigenvalue weighted by Crippen LogP contribution is 2.31. The van der Waals surface area contributed by atoms with Crippen LogP contribution in [-0.4, -0.2) is 46.3 Å². The quantitative estimate of drug-likeness (QED) is 0.747. The Bertz CT molecular complexity index is 269. The van der Waals surface area contributed by atoms with E-state index in [9.17, 15) is 5.11 Å². The minimum absolute atomic E-state index is 0.172. The lowest BCUT2D eigenvalue weighted by molar-refractivity contribution is 0.0827. The first-order valence-corrected chi connectivity index (χ1v) is 7.99. The molecule has 3 heteroatoms. The van der Waals surface area contributed by atoms with Crippen molar-refractivity contribution >= 4 is 0 Å². The number of aliphatic hydroxyl groups excluding tert-OH is 1. The molecule has 1 heterocycles. The van der Waals surface area contributed by atoms with Crippen LogP contribution < -0.4 is 5.32 Å². The van der Waals surface area contributed by atoms with Gasteiger partial charge in [-0.3, -0.25) is 4.90 Å². The number of aliphatic hydroxyl groups is 1. The number of hydrogen-bond acceptors (Lipinski definition) is 3. The SMILES string of the molecule is CCC1CCC(C)N1C(C)CC(C)(CO)NC(C)C. The fraction of sp³-hybridized carbons (Fsp3) is 1.00. The van der Waals surface area contributed by atoms with Crippen molar-refractivity contribution in [3.63, 3.8) is 0 Å². The number of nitrogens with one attached hydrogen (secondary N) is 1. The molecular formula is C16H34N2O. The molecule has 4 unspecified atom stereocenters. The van der Waals surface area contributed by atoms with Crippen molar-refractivity contribution in [2.75, 3.05) is 6.61 Å². The molecule has 1 aliphatic rings. The Morgan fingerprint density at radius 3 is 2.42 bits per heavy atom. The van der Waals surface area contributed by atoms with E-state index in [1.165, 1.54) is 19.3 Å². The second-order valence-electron chi connectivity index (χ2n) is 7.01. The molecule has 1 aliphatic heterocycles. The lowest BCUT2D eigenvalue weighted by atomic mass is 9.92. The predicted molar refractivity (Wildman–Crippen MR) is 82.5 cm³/mol. The van der Waals surface area contributed by atoms with Crippen LogP contribution in [0, 0.1) is 0 Å². The van der Waals surface area contributed by atoms with Crippen molar-refractivity contribution in [3.05, 3.63) is 0 Å². The number of rotatable bonds is 7. The summed E-state index contributed by atoms with van der Waals surface area (Å²) in [5.41, 5.74) is -0.172. The Morgan fingerprint density at radius 2 is 1.95 bits per heavy atom. The number of nitrogens with zero attached hydrogens (tertiary/aromatic N) is 1. The van der Waals surface area contributed by atoms with E-state index in [-0.39, 0.29) is 12.1 Å². The van der Waals surface area contributed by atoms with Crippen LogP contribution >= 0.6 is 0 Å². The fourth-order valence-electron chi connectivity index (χ4n) is 3.92. The van der Waals surface area contributed by atoms with Gasteiger partial charge in [0.25, 0.3) is 0 Å². The minimum Gasteiger partial charge on any atom is -0.394 e.